The summed E-state index contributed by atoms with van der Waals surface area (Å²) in [6.07, 6.45) is 1.77. The first kappa shape index (κ1) is 14.2. The molecule has 0 amide bonds. The summed E-state index contributed by atoms with van der Waals surface area (Å²) in [6, 6.07) is 8.10. The van der Waals surface area contributed by atoms with Crippen molar-refractivity contribution in [2.75, 3.05) is 18.1 Å². The molecular formula is C14H20ClNOS. The van der Waals surface area contributed by atoms with Crippen LogP contribution in [0.15, 0.2) is 24.3 Å². The van der Waals surface area contributed by atoms with Crippen molar-refractivity contribution in [3.05, 3.63) is 34.9 Å². The van der Waals surface area contributed by atoms with E-state index >= 15 is 0 Å². The average Bonchev–Trinajstić information content (AvgIpc) is 2.38. The Hall–Kier alpha value is -0.220. The molecule has 1 aliphatic rings. The van der Waals surface area contributed by atoms with Gasteiger partial charge in [0.2, 0.25) is 0 Å². The van der Waals surface area contributed by atoms with Gasteiger partial charge in [-0.05, 0) is 49.0 Å². The highest BCUT2D eigenvalue weighted by molar-refractivity contribution is 7.99. The molecule has 0 saturated carbocycles. The molecule has 1 heterocycles. The van der Waals surface area contributed by atoms with Crippen LogP contribution >= 0.6 is 23.4 Å². The van der Waals surface area contributed by atoms with E-state index in [2.05, 4.69) is 12.2 Å². The Labute approximate surface area is 118 Å². The van der Waals surface area contributed by atoms with Crippen molar-refractivity contribution in [2.24, 2.45) is 0 Å². The van der Waals surface area contributed by atoms with E-state index in [0.29, 0.717) is 6.54 Å². The smallest absolute Gasteiger partial charge is 0.0787 e. The topological polar surface area (TPSA) is 32.3 Å². The highest BCUT2D eigenvalue weighted by atomic mass is 35.5. The Kier molecular flexibility index (Phi) is 4.96. The van der Waals surface area contributed by atoms with Gasteiger partial charge in [-0.15, -0.1) is 0 Å². The molecular weight excluding hydrogens is 266 g/mol. The number of hydrogen-bond donors (Lipinski definition) is 2. The Morgan fingerprint density at radius 3 is 2.56 bits per heavy atom. The third-order valence-electron chi connectivity index (χ3n) is 3.53. The number of nitrogens with one attached hydrogen (secondary N) is 1. The Balaban J connectivity index is 1.87. The minimum atomic E-state index is -0.522. The van der Waals surface area contributed by atoms with Crippen LogP contribution in [0.3, 0.4) is 0 Å². The minimum absolute atomic E-state index is 0.237. The molecule has 1 atom stereocenters. The average molecular weight is 286 g/mol. The van der Waals surface area contributed by atoms with Gasteiger partial charge in [-0.1, -0.05) is 23.7 Å². The normalized spacial score (nSPS) is 20.6. The van der Waals surface area contributed by atoms with E-state index in [-0.39, 0.29) is 6.04 Å². The van der Waals surface area contributed by atoms with Crippen molar-refractivity contribution in [1.29, 1.82) is 0 Å². The maximum Gasteiger partial charge on any atom is 0.0787 e. The van der Waals surface area contributed by atoms with Crippen LogP contribution in [0.2, 0.25) is 5.02 Å². The molecule has 0 aliphatic carbocycles. The van der Waals surface area contributed by atoms with Gasteiger partial charge in [0.25, 0.3) is 0 Å². The van der Waals surface area contributed by atoms with Crippen molar-refractivity contribution >= 4 is 23.4 Å². The molecule has 100 valence electrons. The highest BCUT2D eigenvalue weighted by Crippen LogP contribution is 2.27. The third-order valence-corrected chi connectivity index (χ3v) is 4.77. The van der Waals surface area contributed by atoms with Crippen molar-refractivity contribution in [3.63, 3.8) is 0 Å². The number of aliphatic hydroxyl groups is 1. The fourth-order valence-corrected chi connectivity index (χ4v) is 3.52. The summed E-state index contributed by atoms with van der Waals surface area (Å²) in [6.45, 7) is 2.78. The maximum absolute atomic E-state index is 10.4. The van der Waals surface area contributed by atoms with Gasteiger partial charge >= 0.3 is 0 Å². The van der Waals surface area contributed by atoms with Gasteiger partial charge in [0.15, 0.2) is 0 Å². The summed E-state index contributed by atoms with van der Waals surface area (Å²) >= 11 is 7.80. The van der Waals surface area contributed by atoms with Crippen LogP contribution < -0.4 is 5.32 Å². The Bertz CT molecular complexity index is 376. The standard InChI is InChI=1S/C14H20ClNOS/c1-11(12-2-4-13(15)5-3-12)16-10-14(17)6-8-18-9-7-14/h2-5,11,16-17H,6-10H2,1H3. The number of benzene rings is 1. The molecule has 0 spiro atoms. The number of rotatable bonds is 4. The first-order valence-corrected chi connectivity index (χ1v) is 7.91. The van der Waals surface area contributed by atoms with E-state index in [1.165, 1.54) is 5.56 Å². The van der Waals surface area contributed by atoms with Crippen LogP contribution in [0.5, 0.6) is 0 Å². The Morgan fingerprint density at radius 2 is 1.94 bits per heavy atom. The first-order chi connectivity index (χ1) is 8.59. The SMILES string of the molecule is CC(NCC1(O)CCSCC1)c1ccc(Cl)cc1. The van der Waals surface area contributed by atoms with Crippen LogP contribution in [-0.2, 0) is 0 Å². The molecule has 1 aromatic rings. The van der Waals surface area contributed by atoms with Crippen LogP contribution in [0, 0.1) is 0 Å². The molecule has 0 aromatic heterocycles. The zero-order valence-corrected chi connectivity index (χ0v) is 12.2. The molecule has 18 heavy (non-hydrogen) atoms. The first-order valence-electron chi connectivity index (χ1n) is 6.38. The molecule has 1 unspecified atom stereocenters. The summed E-state index contributed by atoms with van der Waals surface area (Å²) in [7, 11) is 0. The predicted molar refractivity (Wildman–Crippen MR) is 79.4 cm³/mol. The molecule has 4 heteroatoms. The van der Waals surface area contributed by atoms with Gasteiger partial charge in [-0.2, -0.15) is 11.8 Å². The molecule has 1 aromatic carbocycles. The zero-order valence-electron chi connectivity index (χ0n) is 10.7. The van der Waals surface area contributed by atoms with Gasteiger partial charge < -0.3 is 10.4 Å². The van der Waals surface area contributed by atoms with E-state index < -0.39 is 5.60 Å². The van der Waals surface area contributed by atoms with E-state index in [0.717, 1.165) is 29.4 Å². The molecule has 1 fully saturated rings. The molecule has 2 N–H and O–H groups in total. The van der Waals surface area contributed by atoms with E-state index in [1.54, 1.807) is 0 Å². The van der Waals surface area contributed by atoms with Crippen LogP contribution in [-0.4, -0.2) is 28.8 Å². The molecule has 2 rings (SSSR count). The quantitative estimate of drug-likeness (QED) is 0.891. The summed E-state index contributed by atoms with van der Waals surface area (Å²) in [4.78, 5) is 0. The summed E-state index contributed by atoms with van der Waals surface area (Å²) in [5, 5.41) is 14.6. The third kappa shape index (κ3) is 3.89. The number of halogens is 1. The van der Waals surface area contributed by atoms with Gasteiger partial charge in [0.05, 0.1) is 5.60 Å². The summed E-state index contributed by atoms with van der Waals surface area (Å²) < 4.78 is 0. The Morgan fingerprint density at radius 1 is 1.33 bits per heavy atom. The second kappa shape index (κ2) is 6.29. The van der Waals surface area contributed by atoms with Crippen molar-refractivity contribution in [1.82, 2.24) is 5.32 Å². The molecule has 2 nitrogen and oxygen atoms in total. The summed E-state index contributed by atoms with van der Waals surface area (Å²) in [5.74, 6) is 2.13. The largest absolute Gasteiger partial charge is 0.389 e. The van der Waals surface area contributed by atoms with Crippen molar-refractivity contribution in [2.45, 2.75) is 31.4 Å². The molecule has 1 saturated heterocycles. The molecule has 0 radical (unpaired) electrons. The van der Waals surface area contributed by atoms with Crippen LogP contribution in [0.25, 0.3) is 0 Å². The van der Waals surface area contributed by atoms with E-state index in [9.17, 15) is 5.11 Å². The van der Waals surface area contributed by atoms with Crippen LogP contribution in [0.4, 0.5) is 0 Å². The molecule has 0 bridgehead atoms. The lowest BCUT2D eigenvalue weighted by atomic mass is 9.96. The minimum Gasteiger partial charge on any atom is -0.389 e. The van der Waals surface area contributed by atoms with Crippen molar-refractivity contribution in [3.8, 4) is 0 Å². The lowest BCUT2D eigenvalue weighted by Crippen LogP contribution is -2.44. The zero-order chi connectivity index (χ0) is 13.0. The lowest BCUT2D eigenvalue weighted by Gasteiger charge is -2.33. The van der Waals surface area contributed by atoms with Crippen LogP contribution in [0.1, 0.15) is 31.4 Å². The fourth-order valence-electron chi connectivity index (χ4n) is 2.14. The maximum atomic E-state index is 10.4. The lowest BCUT2D eigenvalue weighted by molar-refractivity contribution is 0.0300. The predicted octanol–water partition coefficient (Wildman–Crippen LogP) is 3.25. The second-order valence-electron chi connectivity index (χ2n) is 4.99. The monoisotopic (exact) mass is 285 g/mol. The van der Waals surface area contributed by atoms with Gasteiger partial charge in [0, 0.05) is 17.6 Å². The molecule has 1 aliphatic heterocycles. The van der Waals surface area contributed by atoms with Gasteiger partial charge in [0.1, 0.15) is 0 Å². The van der Waals surface area contributed by atoms with E-state index in [1.807, 2.05) is 36.0 Å². The number of thioether (sulfide) groups is 1. The van der Waals surface area contributed by atoms with Gasteiger partial charge in [-0.25, -0.2) is 0 Å². The number of hydrogen-bond acceptors (Lipinski definition) is 3. The van der Waals surface area contributed by atoms with E-state index in [4.69, 9.17) is 11.6 Å². The highest BCUT2D eigenvalue weighted by Gasteiger charge is 2.29. The van der Waals surface area contributed by atoms with Gasteiger partial charge in [-0.3, -0.25) is 0 Å². The fraction of sp³-hybridized carbons (Fsp3) is 0.571. The second-order valence-corrected chi connectivity index (χ2v) is 6.65. The summed E-state index contributed by atoms with van der Waals surface area (Å²) in [5.41, 5.74) is 0.680. The van der Waals surface area contributed by atoms with Crippen molar-refractivity contribution < 1.29 is 5.11 Å².